The molecule has 0 radical (unpaired) electrons. The summed E-state index contributed by atoms with van der Waals surface area (Å²) in [6, 6.07) is 10.8. The van der Waals surface area contributed by atoms with Crippen LogP contribution in [0.25, 0.3) is 0 Å². The Balaban J connectivity index is 1.86. The molecule has 0 aliphatic heterocycles. The minimum absolute atomic E-state index is 0.258. The number of hydrogen-bond donors (Lipinski definition) is 0. The zero-order chi connectivity index (χ0) is 19.1. The van der Waals surface area contributed by atoms with Gasteiger partial charge in [-0.3, -0.25) is 0 Å². The molecule has 0 aromatic heterocycles. The van der Waals surface area contributed by atoms with Crippen LogP contribution in [0.3, 0.4) is 0 Å². The smallest absolute Gasteiger partial charge is 0.349 e. The molecule has 0 spiro atoms. The fourth-order valence-electron chi connectivity index (χ4n) is 1.87. The number of rotatable bonds is 7. The van der Waals surface area contributed by atoms with E-state index >= 15 is 0 Å². The second kappa shape index (κ2) is 9.46. The maximum absolute atomic E-state index is 11.9. The summed E-state index contributed by atoms with van der Waals surface area (Å²) in [4.78, 5) is 23.7. The number of benzene rings is 2. The molecule has 7 heteroatoms. The molecule has 0 amide bonds. The summed E-state index contributed by atoms with van der Waals surface area (Å²) < 4.78 is 15.6. The highest BCUT2D eigenvalue weighted by molar-refractivity contribution is 6.35. The molecule has 0 N–H and O–H groups in total. The van der Waals surface area contributed by atoms with Gasteiger partial charge in [-0.25, -0.2) is 9.59 Å². The summed E-state index contributed by atoms with van der Waals surface area (Å²) in [5.41, 5.74) is 0.384. The fourth-order valence-corrected chi connectivity index (χ4v) is 2.34. The number of esters is 2. The van der Waals surface area contributed by atoms with Gasteiger partial charge in [0, 0.05) is 5.02 Å². The first kappa shape index (κ1) is 20.1. The van der Waals surface area contributed by atoms with Crippen molar-refractivity contribution in [3.8, 4) is 11.5 Å². The Labute approximate surface area is 161 Å². The lowest BCUT2D eigenvalue weighted by Gasteiger charge is -2.09. The third-order valence-corrected chi connectivity index (χ3v) is 3.64. The van der Waals surface area contributed by atoms with Gasteiger partial charge in [0.2, 0.25) is 0 Å². The molecule has 0 saturated carbocycles. The molecule has 0 heterocycles. The second-order valence-corrected chi connectivity index (χ2v) is 6.70. The monoisotopic (exact) mass is 396 g/mol. The molecule has 0 bridgehead atoms. The molecule has 2 rings (SSSR count). The SMILES string of the molecule is CC(C)COC(=O)c1ccc(OC(=O)COc2ccc(Cl)cc2Cl)cc1. The van der Waals surface area contributed by atoms with E-state index in [1.807, 2.05) is 13.8 Å². The topological polar surface area (TPSA) is 61.8 Å². The highest BCUT2D eigenvalue weighted by Gasteiger charge is 2.11. The van der Waals surface area contributed by atoms with Crippen molar-refractivity contribution in [2.75, 3.05) is 13.2 Å². The van der Waals surface area contributed by atoms with Gasteiger partial charge < -0.3 is 14.2 Å². The summed E-state index contributed by atoms with van der Waals surface area (Å²) in [6.45, 7) is 3.93. The Bertz CT molecular complexity index is 772. The van der Waals surface area contributed by atoms with E-state index in [0.717, 1.165) is 0 Å². The maximum Gasteiger partial charge on any atom is 0.349 e. The molecule has 0 aliphatic rings. The van der Waals surface area contributed by atoms with E-state index in [1.165, 1.54) is 30.3 Å². The highest BCUT2D eigenvalue weighted by atomic mass is 35.5. The van der Waals surface area contributed by atoms with Gasteiger partial charge in [-0.05, 0) is 48.4 Å². The highest BCUT2D eigenvalue weighted by Crippen LogP contribution is 2.27. The number of carbonyl (C=O) groups excluding carboxylic acids is 2. The van der Waals surface area contributed by atoms with Crippen LogP contribution in [0.2, 0.25) is 10.0 Å². The zero-order valence-corrected chi connectivity index (χ0v) is 15.8. The van der Waals surface area contributed by atoms with Crippen molar-refractivity contribution in [3.05, 3.63) is 58.1 Å². The predicted molar refractivity (Wildman–Crippen MR) is 99.2 cm³/mol. The summed E-state index contributed by atoms with van der Waals surface area (Å²) in [5.74, 6) is -0.144. The molecule has 0 fully saturated rings. The van der Waals surface area contributed by atoms with Crippen LogP contribution in [0, 0.1) is 5.92 Å². The van der Waals surface area contributed by atoms with Gasteiger partial charge >= 0.3 is 11.9 Å². The van der Waals surface area contributed by atoms with Crippen LogP contribution in [0.4, 0.5) is 0 Å². The Morgan fingerprint density at radius 1 is 1.04 bits per heavy atom. The first-order valence-corrected chi connectivity index (χ1v) is 8.66. The average molecular weight is 397 g/mol. The van der Waals surface area contributed by atoms with E-state index in [-0.39, 0.29) is 12.5 Å². The normalized spacial score (nSPS) is 10.5. The maximum atomic E-state index is 11.9. The lowest BCUT2D eigenvalue weighted by molar-refractivity contribution is -0.136. The van der Waals surface area contributed by atoms with Gasteiger partial charge in [-0.15, -0.1) is 0 Å². The van der Waals surface area contributed by atoms with Crippen molar-refractivity contribution in [3.63, 3.8) is 0 Å². The van der Waals surface area contributed by atoms with Crippen LogP contribution in [-0.4, -0.2) is 25.2 Å². The molecule has 0 saturated heterocycles. The average Bonchev–Trinajstić information content (AvgIpc) is 2.59. The third-order valence-electron chi connectivity index (χ3n) is 3.11. The largest absolute Gasteiger partial charge is 0.480 e. The minimum Gasteiger partial charge on any atom is -0.480 e. The number of carbonyl (C=O) groups is 2. The quantitative estimate of drug-likeness (QED) is 0.497. The molecule has 2 aromatic rings. The standard InChI is InChI=1S/C19H18Cl2O5/c1-12(2)10-25-19(23)13-3-6-15(7-4-13)26-18(22)11-24-17-8-5-14(20)9-16(17)21/h3-9,12H,10-11H2,1-2H3. The predicted octanol–water partition coefficient (Wildman–Crippen LogP) is 4.79. The Kier molecular flexibility index (Phi) is 7.30. The van der Waals surface area contributed by atoms with E-state index in [9.17, 15) is 9.59 Å². The van der Waals surface area contributed by atoms with Gasteiger partial charge in [-0.2, -0.15) is 0 Å². The van der Waals surface area contributed by atoms with Crippen LogP contribution >= 0.6 is 23.2 Å². The first-order chi connectivity index (χ1) is 12.3. The molecule has 5 nitrogen and oxygen atoms in total. The van der Waals surface area contributed by atoms with Gasteiger partial charge in [0.25, 0.3) is 0 Å². The molecular weight excluding hydrogens is 379 g/mol. The van der Waals surface area contributed by atoms with Crippen LogP contribution in [0.15, 0.2) is 42.5 Å². The second-order valence-electron chi connectivity index (χ2n) is 5.85. The third kappa shape index (κ3) is 6.24. The van der Waals surface area contributed by atoms with E-state index < -0.39 is 11.9 Å². The molecule has 0 unspecified atom stereocenters. The first-order valence-electron chi connectivity index (χ1n) is 7.91. The molecule has 138 valence electrons. The van der Waals surface area contributed by atoms with Gasteiger partial charge in [0.05, 0.1) is 17.2 Å². The van der Waals surface area contributed by atoms with E-state index in [2.05, 4.69) is 0 Å². The van der Waals surface area contributed by atoms with Gasteiger partial charge in [0.15, 0.2) is 6.61 Å². The summed E-state index contributed by atoms with van der Waals surface area (Å²) in [5, 5.41) is 0.770. The van der Waals surface area contributed by atoms with Gasteiger partial charge in [-0.1, -0.05) is 37.0 Å². The lowest BCUT2D eigenvalue weighted by Crippen LogP contribution is -2.18. The van der Waals surface area contributed by atoms with Crippen molar-refractivity contribution in [2.24, 2.45) is 5.92 Å². The lowest BCUT2D eigenvalue weighted by atomic mass is 10.2. The molecule has 0 atom stereocenters. The van der Waals surface area contributed by atoms with Crippen molar-refractivity contribution in [1.82, 2.24) is 0 Å². The molecule has 26 heavy (non-hydrogen) atoms. The van der Waals surface area contributed by atoms with Crippen molar-refractivity contribution >= 4 is 35.1 Å². The van der Waals surface area contributed by atoms with Gasteiger partial charge in [0.1, 0.15) is 11.5 Å². The van der Waals surface area contributed by atoms with Crippen molar-refractivity contribution in [2.45, 2.75) is 13.8 Å². The van der Waals surface area contributed by atoms with E-state index in [1.54, 1.807) is 12.1 Å². The fraction of sp³-hybridized carbons (Fsp3) is 0.263. The van der Waals surface area contributed by atoms with Crippen molar-refractivity contribution < 1.29 is 23.8 Å². The summed E-state index contributed by atoms with van der Waals surface area (Å²) >= 11 is 11.8. The summed E-state index contributed by atoms with van der Waals surface area (Å²) in [7, 11) is 0. The number of hydrogen-bond acceptors (Lipinski definition) is 5. The number of ether oxygens (including phenoxy) is 3. The Morgan fingerprint density at radius 2 is 1.73 bits per heavy atom. The van der Waals surface area contributed by atoms with Crippen LogP contribution < -0.4 is 9.47 Å². The van der Waals surface area contributed by atoms with Crippen molar-refractivity contribution in [1.29, 1.82) is 0 Å². The zero-order valence-electron chi connectivity index (χ0n) is 14.3. The Morgan fingerprint density at radius 3 is 2.35 bits per heavy atom. The van der Waals surface area contributed by atoms with Crippen LogP contribution in [0.5, 0.6) is 11.5 Å². The van der Waals surface area contributed by atoms with E-state index in [4.69, 9.17) is 37.4 Å². The van der Waals surface area contributed by atoms with Crippen LogP contribution in [0.1, 0.15) is 24.2 Å². The molecule has 0 aliphatic carbocycles. The minimum atomic E-state index is -0.605. The molecule has 2 aromatic carbocycles. The molecular formula is C19H18Cl2O5. The number of halogens is 2. The van der Waals surface area contributed by atoms with E-state index in [0.29, 0.717) is 33.7 Å². The van der Waals surface area contributed by atoms with Crippen LogP contribution in [-0.2, 0) is 9.53 Å². The summed E-state index contributed by atoms with van der Waals surface area (Å²) in [6.07, 6.45) is 0. The Hall–Kier alpha value is -2.24.